The summed E-state index contributed by atoms with van der Waals surface area (Å²) < 4.78 is 44.0. The number of ether oxygens (including phenoxy) is 1. The predicted molar refractivity (Wildman–Crippen MR) is 63.7 cm³/mol. The zero-order valence-electron chi connectivity index (χ0n) is 10.1. The molecule has 2 rings (SSSR count). The molecular weight excluding hydrogens is 241 g/mol. The van der Waals surface area contributed by atoms with Crippen molar-refractivity contribution in [2.75, 3.05) is 0 Å². The minimum absolute atomic E-state index is 0.246. The molecule has 0 N–H and O–H groups in total. The van der Waals surface area contributed by atoms with Gasteiger partial charge in [0.2, 0.25) is 0 Å². The monoisotopic (exact) mass is 254 g/mol. The Morgan fingerprint density at radius 1 is 1.06 bits per heavy atom. The summed E-state index contributed by atoms with van der Waals surface area (Å²) in [6.45, 7) is 3.21. The van der Waals surface area contributed by atoms with Crippen LogP contribution >= 0.6 is 0 Å². The van der Waals surface area contributed by atoms with Crippen molar-refractivity contribution in [2.24, 2.45) is 0 Å². The third kappa shape index (κ3) is 2.75. The smallest absolute Gasteiger partial charge is 0.416 e. The van der Waals surface area contributed by atoms with E-state index < -0.39 is 17.4 Å². The van der Waals surface area contributed by atoms with Crippen LogP contribution < -0.4 is 0 Å². The van der Waals surface area contributed by atoms with Gasteiger partial charge in [-0.15, -0.1) is 0 Å². The molecule has 1 aromatic carbocycles. The SMILES string of the molecule is CC1(C)C=C(C(F)(F)F)C=C(c2ccccc2)O1. The van der Waals surface area contributed by atoms with Gasteiger partial charge in [0, 0.05) is 5.56 Å². The first-order valence-corrected chi connectivity index (χ1v) is 5.54. The summed E-state index contributed by atoms with van der Waals surface area (Å²) in [5.74, 6) is 0.246. The molecule has 1 heterocycles. The molecule has 1 nitrogen and oxygen atoms in total. The Morgan fingerprint density at radius 3 is 2.22 bits per heavy atom. The number of alkyl halides is 3. The first-order valence-electron chi connectivity index (χ1n) is 5.54. The van der Waals surface area contributed by atoms with Crippen LogP contribution in [0.2, 0.25) is 0 Å². The van der Waals surface area contributed by atoms with Crippen LogP contribution in [0.4, 0.5) is 13.2 Å². The lowest BCUT2D eigenvalue weighted by Gasteiger charge is -2.30. The van der Waals surface area contributed by atoms with E-state index in [1.54, 1.807) is 44.2 Å². The number of hydrogen-bond acceptors (Lipinski definition) is 1. The molecule has 1 aliphatic heterocycles. The standard InChI is InChI=1S/C14H13F3O/c1-13(2)9-11(14(15,16)17)8-12(18-13)10-6-4-3-5-7-10/h3-9H,1-2H3. The molecule has 0 saturated heterocycles. The van der Waals surface area contributed by atoms with Gasteiger partial charge in [0.15, 0.2) is 0 Å². The molecule has 4 heteroatoms. The van der Waals surface area contributed by atoms with Gasteiger partial charge in [0.25, 0.3) is 0 Å². The van der Waals surface area contributed by atoms with Crippen LogP contribution in [0.1, 0.15) is 19.4 Å². The van der Waals surface area contributed by atoms with Crippen LogP contribution in [0.15, 0.2) is 48.1 Å². The number of hydrogen-bond donors (Lipinski definition) is 0. The van der Waals surface area contributed by atoms with E-state index in [4.69, 9.17) is 4.74 Å². The fourth-order valence-corrected chi connectivity index (χ4v) is 1.81. The van der Waals surface area contributed by atoms with Crippen molar-refractivity contribution in [3.05, 3.63) is 53.6 Å². The summed E-state index contributed by atoms with van der Waals surface area (Å²) >= 11 is 0. The lowest BCUT2D eigenvalue weighted by molar-refractivity contribution is -0.0908. The summed E-state index contributed by atoms with van der Waals surface area (Å²) in [7, 11) is 0. The maximum absolute atomic E-state index is 12.8. The molecular formula is C14H13F3O. The van der Waals surface area contributed by atoms with Crippen molar-refractivity contribution in [2.45, 2.75) is 25.6 Å². The van der Waals surface area contributed by atoms with Gasteiger partial charge in [-0.1, -0.05) is 30.3 Å². The number of rotatable bonds is 1. The predicted octanol–water partition coefficient (Wildman–Crippen LogP) is 4.33. The number of halogens is 3. The normalized spacial score (nSPS) is 18.7. The Morgan fingerprint density at radius 2 is 1.67 bits per heavy atom. The quantitative estimate of drug-likeness (QED) is 0.725. The van der Waals surface area contributed by atoms with Crippen LogP contribution in [0.3, 0.4) is 0 Å². The zero-order chi connectivity index (χ0) is 13.4. The summed E-state index contributed by atoms with van der Waals surface area (Å²) in [6.07, 6.45) is -2.22. The van der Waals surface area contributed by atoms with Crippen LogP contribution in [-0.4, -0.2) is 11.8 Å². The van der Waals surface area contributed by atoms with Crippen molar-refractivity contribution in [3.63, 3.8) is 0 Å². The Balaban J connectivity index is 2.45. The van der Waals surface area contributed by atoms with Gasteiger partial charge >= 0.3 is 6.18 Å². The molecule has 0 saturated carbocycles. The average molecular weight is 254 g/mol. The molecule has 0 aliphatic carbocycles. The van der Waals surface area contributed by atoms with E-state index >= 15 is 0 Å². The minimum Gasteiger partial charge on any atom is -0.483 e. The van der Waals surface area contributed by atoms with Crippen molar-refractivity contribution in [1.29, 1.82) is 0 Å². The molecule has 0 spiro atoms. The lowest BCUT2D eigenvalue weighted by atomic mass is 9.99. The fourth-order valence-electron chi connectivity index (χ4n) is 1.81. The average Bonchev–Trinajstić information content (AvgIpc) is 2.27. The summed E-state index contributed by atoms with van der Waals surface area (Å²) in [5, 5.41) is 0. The fraction of sp³-hybridized carbons (Fsp3) is 0.286. The van der Waals surface area contributed by atoms with Crippen molar-refractivity contribution >= 4 is 5.76 Å². The lowest BCUT2D eigenvalue weighted by Crippen LogP contribution is -2.27. The maximum Gasteiger partial charge on any atom is 0.416 e. The van der Waals surface area contributed by atoms with E-state index in [0.717, 1.165) is 12.2 Å². The van der Waals surface area contributed by atoms with Crippen molar-refractivity contribution in [1.82, 2.24) is 0 Å². The Bertz CT molecular complexity index is 496. The summed E-state index contributed by atoms with van der Waals surface area (Å²) in [5.41, 5.74) is -0.997. The van der Waals surface area contributed by atoms with Crippen LogP contribution in [0.5, 0.6) is 0 Å². The molecule has 1 aromatic rings. The molecule has 0 fully saturated rings. The van der Waals surface area contributed by atoms with Gasteiger partial charge in [-0.2, -0.15) is 13.2 Å². The van der Waals surface area contributed by atoms with Crippen molar-refractivity contribution < 1.29 is 17.9 Å². The van der Waals surface area contributed by atoms with Gasteiger partial charge in [0.1, 0.15) is 11.4 Å². The van der Waals surface area contributed by atoms with Gasteiger partial charge in [0.05, 0.1) is 5.57 Å². The van der Waals surface area contributed by atoms with E-state index in [1.165, 1.54) is 0 Å². The highest BCUT2D eigenvalue weighted by molar-refractivity contribution is 5.65. The summed E-state index contributed by atoms with van der Waals surface area (Å²) in [6, 6.07) is 8.78. The molecule has 0 unspecified atom stereocenters. The molecule has 0 bridgehead atoms. The van der Waals surface area contributed by atoms with E-state index in [2.05, 4.69) is 0 Å². The Labute approximate surface area is 104 Å². The van der Waals surface area contributed by atoms with E-state index in [0.29, 0.717) is 5.56 Å². The molecule has 0 aromatic heterocycles. The first kappa shape index (κ1) is 12.7. The van der Waals surface area contributed by atoms with Gasteiger partial charge in [-0.25, -0.2) is 0 Å². The third-order valence-electron chi connectivity index (χ3n) is 2.55. The molecule has 0 radical (unpaired) electrons. The van der Waals surface area contributed by atoms with Gasteiger partial charge in [-0.05, 0) is 26.0 Å². The highest BCUT2D eigenvalue weighted by Gasteiger charge is 2.38. The maximum atomic E-state index is 12.8. The first-order chi connectivity index (χ1) is 8.28. The molecule has 18 heavy (non-hydrogen) atoms. The molecule has 96 valence electrons. The minimum atomic E-state index is -4.36. The van der Waals surface area contributed by atoms with E-state index in [9.17, 15) is 13.2 Å². The van der Waals surface area contributed by atoms with Crippen molar-refractivity contribution in [3.8, 4) is 0 Å². The molecule has 1 aliphatic rings. The third-order valence-corrected chi connectivity index (χ3v) is 2.55. The highest BCUT2D eigenvalue weighted by atomic mass is 19.4. The van der Waals surface area contributed by atoms with Crippen LogP contribution in [0, 0.1) is 0 Å². The highest BCUT2D eigenvalue weighted by Crippen LogP contribution is 2.37. The second kappa shape index (κ2) is 4.19. The number of allylic oxidation sites excluding steroid dienone is 2. The van der Waals surface area contributed by atoms with Gasteiger partial charge < -0.3 is 4.74 Å². The van der Waals surface area contributed by atoms with E-state index in [-0.39, 0.29) is 5.76 Å². The summed E-state index contributed by atoms with van der Waals surface area (Å²) in [4.78, 5) is 0. The number of benzene rings is 1. The Hall–Kier alpha value is -1.71. The molecule has 0 atom stereocenters. The van der Waals surface area contributed by atoms with E-state index in [1.807, 2.05) is 0 Å². The molecule has 0 amide bonds. The second-order valence-electron chi connectivity index (χ2n) is 4.68. The van der Waals surface area contributed by atoms with Gasteiger partial charge in [-0.3, -0.25) is 0 Å². The topological polar surface area (TPSA) is 9.23 Å². The largest absolute Gasteiger partial charge is 0.483 e. The Kier molecular flexibility index (Phi) is 2.97. The zero-order valence-corrected chi connectivity index (χ0v) is 10.1. The van der Waals surface area contributed by atoms with Crippen LogP contribution in [0.25, 0.3) is 5.76 Å². The second-order valence-corrected chi connectivity index (χ2v) is 4.68. The van der Waals surface area contributed by atoms with Crippen LogP contribution in [-0.2, 0) is 4.74 Å².